The average molecular weight is 468 g/mol. The number of rotatable bonds is 7. The van der Waals surface area contributed by atoms with Crippen molar-refractivity contribution in [2.45, 2.75) is 37.5 Å². The summed E-state index contributed by atoms with van der Waals surface area (Å²) in [5, 5.41) is 8.33. The van der Waals surface area contributed by atoms with E-state index in [2.05, 4.69) is 20.9 Å². The fourth-order valence-corrected chi connectivity index (χ4v) is 3.50. The monoisotopic (exact) mass is 468 g/mol. The van der Waals surface area contributed by atoms with Gasteiger partial charge in [-0.05, 0) is 37.1 Å². The second-order valence-corrected chi connectivity index (χ2v) is 8.33. The number of alkyl halides is 1. The predicted octanol–water partition coefficient (Wildman–Crippen LogP) is 4.30. The van der Waals surface area contributed by atoms with Crippen LogP contribution < -0.4 is 25.4 Å². The minimum absolute atomic E-state index is 0.0278. The van der Waals surface area contributed by atoms with Crippen molar-refractivity contribution in [1.29, 1.82) is 0 Å². The van der Waals surface area contributed by atoms with Crippen LogP contribution in [-0.2, 0) is 0 Å². The molecule has 0 spiro atoms. The number of benzene rings is 2. The van der Waals surface area contributed by atoms with Crippen LogP contribution >= 0.6 is 0 Å². The van der Waals surface area contributed by atoms with Gasteiger partial charge in [0.05, 0.1) is 29.9 Å². The van der Waals surface area contributed by atoms with Crippen LogP contribution in [0.5, 0.6) is 17.2 Å². The van der Waals surface area contributed by atoms with Gasteiger partial charge in [0.25, 0.3) is 5.91 Å². The van der Waals surface area contributed by atoms with Crippen molar-refractivity contribution in [3.63, 3.8) is 0 Å². The van der Waals surface area contributed by atoms with E-state index < -0.39 is 30.0 Å². The Labute approximate surface area is 193 Å². The largest absolute Gasteiger partial charge is 0.496 e. The van der Waals surface area contributed by atoms with Crippen LogP contribution in [0.1, 0.15) is 29.6 Å². The van der Waals surface area contributed by atoms with Crippen LogP contribution in [0.2, 0.25) is 0 Å². The van der Waals surface area contributed by atoms with Crippen LogP contribution in [0.4, 0.5) is 19.3 Å². The number of nitrogens with zero attached hydrogens (tertiary/aromatic N) is 1. The molecule has 2 aliphatic carbocycles. The molecule has 2 unspecified atom stereocenters. The van der Waals surface area contributed by atoms with E-state index >= 15 is 0 Å². The topological polar surface area (TPSA) is 102 Å². The summed E-state index contributed by atoms with van der Waals surface area (Å²) >= 11 is 0. The zero-order valence-corrected chi connectivity index (χ0v) is 18.2. The first kappa shape index (κ1) is 21.9. The molecule has 2 fully saturated rings. The van der Waals surface area contributed by atoms with E-state index in [1.807, 2.05) is 0 Å². The summed E-state index contributed by atoms with van der Waals surface area (Å²) in [5.41, 5.74) is 0.732. The van der Waals surface area contributed by atoms with Gasteiger partial charge < -0.3 is 25.4 Å². The molecule has 2 saturated carbocycles. The number of pyridine rings is 1. The predicted molar refractivity (Wildman–Crippen MR) is 121 cm³/mol. The highest BCUT2D eigenvalue weighted by Crippen LogP contribution is 2.35. The first-order chi connectivity index (χ1) is 16.4. The minimum Gasteiger partial charge on any atom is -0.496 e. The maximum Gasteiger partial charge on any atom is 0.319 e. The highest BCUT2D eigenvalue weighted by molar-refractivity contribution is 6.02. The molecular formula is C24H22F2N4O4. The molecule has 3 N–H and O–H groups in total. The minimum atomic E-state index is -1.04. The summed E-state index contributed by atoms with van der Waals surface area (Å²) < 4.78 is 39.0. The molecule has 0 aliphatic heterocycles. The van der Waals surface area contributed by atoms with Crippen LogP contribution in [0, 0.1) is 5.82 Å². The van der Waals surface area contributed by atoms with E-state index in [4.69, 9.17) is 9.47 Å². The zero-order chi connectivity index (χ0) is 23.8. The molecule has 5 rings (SSSR count). The summed E-state index contributed by atoms with van der Waals surface area (Å²) in [6.45, 7) is 0. The number of fused-ring (bicyclic) bond motifs is 1. The normalized spacial score (nSPS) is 18.8. The Morgan fingerprint density at radius 3 is 2.56 bits per heavy atom. The first-order valence-corrected chi connectivity index (χ1v) is 10.9. The van der Waals surface area contributed by atoms with Crippen molar-refractivity contribution in [3.05, 3.63) is 54.0 Å². The fourth-order valence-electron chi connectivity index (χ4n) is 3.50. The van der Waals surface area contributed by atoms with Gasteiger partial charge in [-0.3, -0.25) is 9.78 Å². The maximum absolute atomic E-state index is 14.6. The molecule has 10 heteroatoms. The van der Waals surface area contributed by atoms with Crippen LogP contribution in [0.25, 0.3) is 10.9 Å². The second-order valence-electron chi connectivity index (χ2n) is 8.33. The summed E-state index contributed by atoms with van der Waals surface area (Å²) in [4.78, 5) is 28.8. The van der Waals surface area contributed by atoms with Crippen molar-refractivity contribution < 1.29 is 27.8 Å². The number of urea groups is 1. The van der Waals surface area contributed by atoms with Crippen molar-refractivity contribution >= 4 is 28.5 Å². The molecule has 2 aliphatic rings. The Morgan fingerprint density at radius 2 is 1.88 bits per heavy atom. The quantitative estimate of drug-likeness (QED) is 0.480. The molecular weight excluding hydrogens is 446 g/mol. The highest BCUT2D eigenvalue weighted by atomic mass is 19.1. The average Bonchev–Trinajstić information content (AvgIpc) is 3.74. The van der Waals surface area contributed by atoms with Gasteiger partial charge in [-0.15, -0.1) is 0 Å². The SMILES string of the molecule is COc1cc2nccc(Oc3ccc(NC(=O)NC4CC4)c(F)c3)c2cc1C(=O)NC1CC1F. The molecule has 2 aromatic carbocycles. The molecule has 3 aromatic rings. The van der Waals surface area contributed by atoms with Crippen LogP contribution in [0.3, 0.4) is 0 Å². The van der Waals surface area contributed by atoms with Crippen molar-refractivity contribution in [3.8, 4) is 17.2 Å². The Balaban J connectivity index is 1.39. The van der Waals surface area contributed by atoms with Crippen LogP contribution in [0.15, 0.2) is 42.6 Å². The number of anilines is 1. The van der Waals surface area contributed by atoms with E-state index in [-0.39, 0.29) is 35.2 Å². The number of hydrogen-bond donors (Lipinski definition) is 3. The van der Waals surface area contributed by atoms with Crippen LogP contribution in [-0.4, -0.2) is 42.3 Å². The number of amides is 3. The van der Waals surface area contributed by atoms with E-state index in [0.29, 0.717) is 16.7 Å². The number of carbonyl (C=O) groups is 2. The number of halogens is 2. The number of nitrogens with one attached hydrogen (secondary N) is 3. The fraction of sp³-hybridized carbons (Fsp3) is 0.292. The Morgan fingerprint density at radius 1 is 1.09 bits per heavy atom. The lowest BCUT2D eigenvalue weighted by Crippen LogP contribution is -2.30. The third-order valence-corrected chi connectivity index (χ3v) is 5.63. The van der Waals surface area contributed by atoms with Gasteiger partial charge in [-0.1, -0.05) is 0 Å². The highest BCUT2D eigenvalue weighted by Gasteiger charge is 2.39. The van der Waals surface area contributed by atoms with E-state index in [1.165, 1.54) is 25.4 Å². The lowest BCUT2D eigenvalue weighted by atomic mass is 10.1. The van der Waals surface area contributed by atoms with Crippen molar-refractivity contribution in [2.75, 3.05) is 12.4 Å². The molecule has 34 heavy (non-hydrogen) atoms. The number of ether oxygens (including phenoxy) is 2. The van der Waals surface area contributed by atoms with E-state index in [0.717, 1.165) is 18.9 Å². The lowest BCUT2D eigenvalue weighted by molar-refractivity contribution is 0.0944. The number of hydrogen-bond acceptors (Lipinski definition) is 5. The molecule has 0 bridgehead atoms. The Kier molecular flexibility index (Phi) is 5.64. The summed E-state index contributed by atoms with van der Waals surface area (Å²) in [5.74, 6) is -0.309. The zero-order valence-electron chi connectivity index (χ0n) is 18.2. The first-order valence-electron chi connectivity index (χ1n) is 10.9. The van der Waals surface area contributed by atoms with Gasteiger partial charge in [0.15, 0.2) is 0 Å². The Hall–Kier alpha value is -3.95. The number of methoxy groups -OCH3 is 1. The summed E-state index contributed by atoms with van der Waals surface area (Å²) in [6.07, 6.45) is 2.62. The molecule has 8 nitrogen and oxygen atoms in total. The standard InChI is InChI=1S/C24H22F2N4O4/c1-33-22-11-19-14(9-15(22)23(31)29-20-10-17(20)26)21(6-7-27-19)34-13-4-5-18(16(25)8-13)30-24(32)28-12-2-3-12/h4-9,11-12,17,20H,2-3,10H2,1H3,(H,29,31)(H2,28,30,32). The number of carbonyl (C=O) groups excluding carboxylic acids is 2. The van der Waals surface area contributed by atoms with Gasteiger partial charge in [-0.2, -0.15) is 0 Å². The second kappa shape index (κ2) is 8.77. The molecule has 0 radical (unpaired) electrons. The van der Waals surface area contributed by atoms with Gasteiger partial charge >= 0.3 is 6.03 Å². The molecule has 0 saturated heterocycles. The lowest BCUT2D eigenvalue weighted by Gasteiger charge is -2.14. The third-order valence-electron chi connectivity index (χ3n) is 5.63. The van der Waals surface area contributed by atoms with Crippen molar-refractivity contribution in [1.82, 2.24) is 15.6 Å². The van der Waals surface area contributed by atoms with Crippen molar-refractivity contribution in [2.24, 2.45) is 0 Å². The van der Waals surface area contributed by atoms with Gasteiger partial charge in [0, 0.05) is 36.2 Å². The van der Waals surface area contributed by atoms with Gasteiger partial charge in [0.1, 0.15) is 29.2 Å². The van der Waals surface area contributed by atoms with Gasteiger partial charge in [0.2, 0.25) is 0 Å². The summed E-state index contributed by atoms with van der Waals surface area (Å²) in [6, 6.07) is 8.00. The van der Waals surface area contributed by atoms with Gasteiger partial charge in [-0.25, -0.2) is 13.6 Å². The van der Waals surface area contributed by atoms with E-state index in [1.54, 1.807) is 18.2 Å². The van der Waals surface area contributed by atoms with E-state index in [9.17, 15) is 18.4 Å². The Bertz CT molecular complexity index is 1280. The molecule has 2 atom stereocenters. The molecule has 1 aromatic heterocycles. The third kappa shape index (κ3) is 4.70. The molecule has 3 amide bonds. The molecule has 176 valence electrons. The summed E-state index contributed by atoms with van der Waals surface area (Å²) in [7, 11) is 1.43. The molecule has 1 heterocycles. The smallest absolute Gasteiger partial charge is 0.319 e. The maximum atomic E-state index is 14.6. The number of aromatic nitrogens is 1.